The fourth-order valence-electron chi connectivity index (χ4n) is 1.63. The summed E-state index contributed by atoms with van der Waals surface area (Å²) in [4.78, 5) is 0. The van der Waals surface area contributed by atoms with E-state index in [2.05, 4.69) is 5.16 Å². The fourth-order valence-corrected chi connectivity index (χ4v) is 1.63. The Morgan fingerprint density at radius 2 is 2.00 bits per heavy atom. The van der Waals surface area contributed by atoms with Crippen molar-refractivity contribution >= 4 is 0 Å². The normalized spacial score (nSPS) is 12.4. The molecule has 2 rings (SSSR count). The van der Waals surface area contributed by atoms with Gasteiger partial charge in [0.25, 0.3) is 0 Å². The largest absolute Gasteiger partial charge is 0.487 e. The van der Waals surface area contributed by atoms with Crippen LogP contribution in [-0.2, 0) is 18.0 Å². The number of aromatic nitrogens is 1. The Bertz CT molecular complexity index is 504. The zero-order chi connectivity index (χ0) is 13.7. The first-order chi connectivity index (χ1) is 9.19. The summed E-state index contributed by atoms with van der Waals surface area (Å²) in [6, 6.07) is 9.10. The van der Waals surface area contributed by atoms with Gasteiger partial charge in [-0.2, -0.15) is 0 Å². The van der Waals surface area contributed by atoms with Crippen LogP contribution >= 0.6 is 0 Å². The summed E-state index contributed by atoms with van der Waals surface area (Å²) in [5.74, 6) is 1.39. The lowest BCUT2D eigenvalue weighted by atomic mass is 10.1. The van der Waals surface area contributed by atoms with Crippen LogP contribution in [0.15, 0.2) is 34.9 Å². The number of hydrogen-bond donors (Lipinski definition) is 1. The third-order valence-electron chi connectivity index (χ3n) is 2.64. The van der Waals surface area contributed by atoms with Gasteiger partial charge in [-0.1, -0.05) is 17.3 Å². The number of rotatable bonds is 6. The summed E-state index contributed by atoms with van der Waals surface area (Å²) in [7, 11) is 1.60. The molecule has 1 aromatic heterocycles. The second-order valence-corrected chi connectivity index (χ2v) is 4.25. The van der Waals surface area contributed by atoms with E-state index in [1.54, 1.807) is 20.1 Å². The molecule has 1 N–H and O–H groups in total. The summed E-state index contributed by atoms with van der Waals surface area (Å²) in [6.07, 6.45) is -0.471. The first-order valence-corrected chi connectivity index (χ1v) is 6.03. The van der Waals surface area contributed by atoms with Crippen molar-refractivity contribution in [2.75, 3.05) is 7.11 Å². The molecule has 2 aromatic rings. The summed E-state index contributed by atoms with van der Waals surface area (Å²) >= 11 is 0. The highest BCUT2D eigenvalue weighted by molar-refractivity contribution is 5.28. The lowest BCUT2D eigenvalue weighted by Gasteiger charge is -2.07. The average molecular weight is 263 g/mol. The Balaban J connectivity index is 1.90. The van der Waals surface area contributed by atoms with Crippen LogP contribution < -0.4 is 4.74 Å². The van der Waals surface area contributed by atoms with Crippen LogP contribution in [0.2, 0.25) is 0 Å². The second kappa shape index (κ2) is 6.36. The van der Waals surface area contributed by atoms with Crippen molar-refractivity contribution < 1.29 is 19.1 Å². The van der Waals surface area contributed by atoms with Gasteiger partial charge in [0, 0.05) is 13.2 Å². The van der Waals surface area contributed by atoms with E-state index in [9.17, 15) is 5.11 Å². The van der Waals surface area contributed by atoms with Crippen LogP contribution in [0.25, 0.3) is 0 Å². The van der Waals surface area contributed by atoms with E-state index in [1.165, 1.54) is 0 Å². The minimum atomic E-state index is -0.471. The average Bonchev–Trinajstić information content (AvgIpc) is 2.85. The lowest BCUT2D eigenvalue weighted by Crippen LogP contribution is -1.96. The second-order valence-electron chi connectivity index (χ2n) is 4.25. The van der Waals surface area contributed by atoms with Gasteiger partial charge < -0.3 is 19.1 Å². The molecule has 0 saturated heterocycles. The van der Waals surface area contributed by atoms with Crippen molar-refractivity contribution in [2.45, 2.75) is 26.2 Å². The summed E-state index contributed by atoms with van der Waals surface area (Å²) in [6.45, 7) is 2.46. The molecule has 0 radical (unpaired) electrons. The molecule has 19 heavy (non-hydrogen) atoms. The number of aliphatic hydroxyl groups is 1. The molecule has 1 unspecified atom stereocenters. The monoisotopic (exact) mass is 263 g/mol. The molecule has 0 fully saturated rings. The highest BCUT2D eigenvalue weighted by Crippen LogP contribution is 2.18. The molecule has 0 bridgehead atoms. The van der Waals surface area contributed by atoms with Gasteiger partial charge in [-0.05, 0) is 24.6 Å². The number of ether oxygens (including phenoxy) is 2. The zero-order valence-corrected chi connectivity index (χ0v) is 11.0. The van der Waals surface area contributed by atoms with E-state index >= 15 is 0 Å². The van der Waals surface area contributed by atoms with Crippen molar-refractivity contribution in [1.29, 1.82) is 0 Å². The smallest absolute Gasteiger partial charge is 0.162 e. The first kappa shape index (κ1) is 13.6. The third-order valence-corrected chi connectivity index (χ3v) is 2.64. The van der Waals surface area contributed by atoms with Gasteiger partial charge in [-0.25, -0.2) is 0 Å². The van der Waals surface area contributed by atoms with Crippen LogP contribution in [0.4, 0.5) is 0 Å². The summed E-state index contributed by atoms with van der Waals surface area (Å²) in [5.41, 5.74) is 1.57. The Morgan fingerprint density at radius 3 is 2.63 bits per heavy atom. The molecule has 0 amide bonds. The van der Waals surface area contributed by atoms with E-state index in [4.69, 9.17) is 14.0 Å². The predicted octanol–water partition coefficient (Wildman–Crippen LogP) is 2.45. The standard InChI is InChI=1S/C14H17NO4/c1-10(16)11-3-5-13(6-4-11)18-8-12-7-14(9-17-2)19-15-12/h3-7,10,16H,8-9H2,1-2H3. The molecule has 102 valence electrons. The molecular weight excluding hydrogens is 246 g/mol. The molecule has 0 spiro atoms. The van der Waals surface area contributed by atoms with E-state index < -0.39 is 6.10 Å². The highest BCUT2D eigenvalue weighted by atomic mass is 16.5. The van der Waals surface area contributed by atoms with Crippen LogP contribution in [-0.4, -0.2) is 17.4 Å². The third kappa shape index (κ3) is 3.81. The minimum absolute atomic E-state index is 0.335. The quantitative estimate of drug-likeness (QED) is 0.867. The van der Waals surface area contributed by atoms with Crippen molar-refractivity contribution in [3.8, 4) is 5.75 Å². The molecule has 0 aliphatic rings. The number of benzene rings is 1. The van der Waals surface area contributed by atoms with Gasteiger partial charge in [-0.15, -0.1) is 0 Å². The first-order valence-electron chi connectivity index (χ1n) is 6.03. The molecule has 5 heteroatoms. The van der Waals surface area contributed by atoms with Gasteiger partial charge in [0.15, 0.2) is 5.76 Å². The van der Waals surface area contributed by atoms with Crippen LogP contribution in [0.3, 0.4) is 0 Å². The van der Waals surface area contributed by atoms with Crippen LogP contribution in [0.5, 0.6) is 5.75 Å². The Labute approximate surface area is 111 Å². The Kier molecular flexibility index (Phi) is 4.54. The maximum absolute atomic E-state index is 9.40. The molecule has 0 saturated carbocycles. The van der Waals surface area contributed by atoms with Crippen molar-refractivity contribution in [3.63, 3.8) is 0 Å². The minimum Gasteiger partial charge on any atom is -0.487 e. The van der Waals surface area contributed by atoms with Gasteiger partial charge in [0.05, 0.1) is 6.10 Å². The van der Waals surface area contributed by atoms with Crippen molar-refractivity contribution in [1.82, 2.24) is 5.16 Å². The lowest BCUT2D eigenvalue weighted by molar-refractivity contribution is 0.155. The molecule has 0 aliphatic heterocycles. The van der Waals surface area contributed by atoms with Gasteiger partial charge in [0.2, 0.25) is 0 Å². The molecule has 0 aliphatic carbocycles. The Morgan fingerprint density at radius 1 is 1.26 bits per heavy atom. The van der Waals surface area contributed by atoms with Gasteiger partial charge >= 0.3 is 0 Å². The van der Waals surface area contributed by atoms with E-state index in [0.29, 0.717) is 24.7 Å². The Hall–Kier alpha value is -1.85. The molecule has 5 nitrogen and oxygen atoms in total. The maximum atomic E-state index is 9.40. The van der Waals surface area contributed by atoms with E-state index in [-0.39, 0.29) is 0 Å². The van der Waals surface area contributed by atoms with Gasteiger partial charge in [0.1, 0.15) is 24.7 Å². The van der Waals surface area contributed by atoms with Gasteiger partial charge in [-0.3, -0.25) is 0 Å². The highest BCUT2D eigenvalue weighted by Gasteiger charge is 2.05. The maximum Gasteiger partial charge on any atom is 0.162 e. The molecule has 1 aromatic carbocycles. The summed E-state index contributed by atoms with van der Waals surface area (Å²) in [5, 5.41) is 13.3. The van der Waals surface area contributed by atoms with Crippen LogP contribution in [0.1, 0.15) is 30.0 Å². The number of nitrogens with zero attached hydrogens (tertiary/aromatic N) is 1. The predicted molar refractivity (Wildman–Crippen MR) is 68.6 cm³/mol. The van der Waals surface area contributed by atoms with E-state index in [1.807, 2.05) is 24.3 Å². The number of hydrogen-bond acceptors (Lipinski definition) is 5. The topological polar surface area (TPSA) is 64.7 Å². The van der Waals surface area contributed by atoms with E-state index in [0.717, 1.165) is 11.3 Å². The van der Waals surface area contributed by atoms with Crippen LogP contribution in [0, 0.1) is 0 Å². The summed E-state index contributed by atoms with van der Waals surface area (Å²) < 4.78 is 15.6. The van der Waals surface area contributed by atoms with Crippen molar-refractivity contribution in [3.05, 3.63) is 47.3 Å². The fraction of sp³-hybridized carbons (Fsp3) is 0.357. The zero-order valence-electron chi connectivity index (χ0n) is 11.0. The molecular formula is C14H17NO4. The van der Waals surface area contributed by atoms with Crippen molar-refractivity contribution in [2.24, 2.45) is 0 Å². The molecule has 1 heterocycles. The SMILES string of the molecule is COCc1cc(COc2ccc(C(C)O)cc2)no1. The molecule has 1 atom stereocenters. The number of aliphatic hydroxyl groups excluding tert-OH is 1. The number of methoxy groups -OCH3 is 1.